The molecule has 11 heteroatoms. The maximum absolute atomic E-state index is 13.2. The highest BCUT2D eigenvalue weighted by molar-refractivity contribution is 7.92. The molecule has 0 heterocycles. The lowest BCUT2D eigenvalue weighted by molar-refractivity contribution is -0.140. The summed E-state index contributed by atoms with van der Waals surface area (Å²) < 4.78 is 54.0. The first-order chi connectivity index (χ1) is 17.8. The molecular weight excluding hydrogens is 528 g/mol. The number of benzene rings is 1. The maximum Gasteiger partial charge on any atom is 0.508 e. The number of ether oxygens (including phenoxy) is 3. The smallest absolute Gasteiger partial charge is 0.468 e. The van der Waals surface area contributed by atoms with Crippen molar-refractivity contribution in [3.63, 3.8) is 0 Å². The Balaban J connectivity index is 3.05. The van der Waals surface area contributed by atoms with Gasteiger partial charge in [-0.1, -0.05) is 58.5 Å². The van der Waals surface area contributed by atoms with Crippen LogP contribution in [0.2, 0.25) is 11.1 Å². The molecule has 0 aromatic heterocycles. The Kier molecular flexibility index (Phi) is 14.0. The van der Waals surface area contributed by atoms with Crippen LogP contribution in [-0.4, -0.2) is 67.4 Å². The summed E-state index contributed by atoms with van der Waals surface area (Å²) in [5.41, 5.74) is 0.552. The minimum atomic E-state index is -3.98. The molecule has 214 valence electrons. The van der Waals surface area contributed by atoms with E-state index in [0.29, 0.717) is 5.57 Å². The van der Waals surface area contributed by atoms with Gasteiger partial charge in [-0.2, -0.15) is 0 Å². The second kappa shape index (κ2) is 15.8. The van der Waals surface area contributed by atoms with Gasteiger partial charge in [0.2, 0.25) is 0 Å². The third-order valence-corrected chi connectivity index (χ3v) is 12.6. The Morgan fingerprint density at radius 3 is 2.11 bits per heavy atom. The molecule has 9 nitrogen and oxygen atoms in total. The van der Waals surface area contributed by atoms with Crippen LogP contribution in [0.4, 0.5) is 4.79 Å². The summed E-state index contributed by atoms with van der Waals surface area (Å²) in [6.45, 7) is 17.8. The number of hydrogen-bond donors (Lipinski definition) is 0. The third-order valence-electron chi connectivity index (χ3n) is 5.99. The summed E-state index contributed by atoms with van der Waals surface area (Å²) in [4.78, 5) is 24.0. The number of carbonyl (C=O) groups is 2. The predicted molar refractivity (Wildman–Crippen MR) is 148 cm³/mol. The van der Waals surface area contributed by atoms with Crippen LogP contribution < -0.4 is 0 Å². The molecular formula is C27H42O9SSi. The Bertz CT molecular complexity index is 1010. The fourth-order valence-electron chi connectivity index (χ4n) is 3.97. The standard InChI is InChI=1S/C27H42O9SSi/c1-9-23(16-17-25(26(28)32-8)37(30,31)24-14-12-11-13-15-24)36-38(20(3)4,21(5)6)35-19-22(7)18-34-27(29)33-10-2/h9,11-15,20-21,23,25H,1,7,10,16-19H2,2-6,8H3/t23-,25?/m0/s1. The zero-order valence-corrected chi connectivity index (χ0v) is 25.1. The lowest BCUT2D eigenvalue weighted by Gasteiger charge is -2.40. The quantitative estimate of drug-likeness (QED) is 0.139. The average Bonchev–Trinajstić information content (AvgIpc) is 2.88. The van der Waals surface area contributed by atoms with E-state index in [1.807, 2.05) is 27.7 Å². The van der Waals surface area contributed by atoms with Gasteiger partial charge in [0.15, 0.2) is 15.1 Å². The van der Waals surface area contributed by atoms with Crippen molar-refractivity contribution in [3.05, 3.63) is 55.1 Å². The zero-order valence-electron chi connectivity index (χ0n) is 23.3. The van der Waals surface area contributed by atoms with Crippen molar-refractivity contribution in [1.29, 1.82) is 0 Å². The Morgan fingerprint density at radius 2 is 1.61 bits per heavy atom. The van der Waals surface area contributed by atoms with Gasteiger partial charge in [-0.05, 0) is 48.6 Å². The van der Waals surface area contributed by atoms with Gasteiger partial charge in [0, 0.05) is 0 Å². The molecule has 0 spiro atoms. The zero-order chi connectivity index (χ0) is 28.9. The molecule has 0 aliphatic carbocycles. The number of hydrogen-bond acceptors (Lipinski definition) is 9. The van der Waals surface area contributed by atoms with Gasteiger partial charge in [0.25, 0.3) is 0 Å². The third kappa shape index (κ3) is 9.37. The fourth-order valence-corrected chi connectivity index (χ4v) is 9.36. The van der Waals surface area contributed by atoms with E-state index in [0.717, 1.165) is 0 Å². The van der Waals surface area contributed by atoms with Crippen molar-refractivity contribution in [2.75, 3.05) is 26.9 Å². The van der Waals surface area contributed by atoms with Gasteiger partial charge >= 0.3 is 20.7 Å². The van der Waals surface area contributed by atoms with E-state index >= 15 is 0 Å². The van der Waals surface area contributed by atoms with Crippen molar-refractivity contribution >= 4 is 30.5 Å². The van der Waals surface area contributed by atoms with Crippen molar-refractivity contribution in [1.82, 2.24) is 0 Å². The van der Waals surface area contributed by atoms with Crippen molar-refractivity contribution in [3.8, 4) is 0 Å². The number of esters is 1. The monoisotopic (exact) mass is 570 g/mol. The normalized spacial score (nSPS) is 13.6. The lowest BCUT2D eigenvalue weighted by Crippen LogP contribution is -2.51. The second-order valence-corrected chi connectivity index (χ2v) is 15.8. The molecule has 2 atom stereocenters. The summed E-state index contributed by atoms with van der Waals surface area (Å²) in [7, 11) is -5.77. The molecule has 0 N–H and O–H groups in total. The lowest BCUT2D eigenvalue weighted by atomic mass is 10.1. The van der Waals surface area contributed by atoms with Crippen molar-refractivity contribution in [2.24, 2.45) is 0 Å². The first-order valence-electron chi connectivity index (χ1n) is 12.6. The Labute approximate surface area is 228 Å². The molecule has 0 saturated heterocycles. The SMILES string of the molecule is C=C[C@@H](CCC(C(=O)OC)S(=O)(=O)c1ccccc1)O[Si](OCC(=C)COC(=O)OCC)(C(C)C)C(C)C. The van der Waals surface area contributed by atoms with Crippen LogP contribution in [0.25, 0.3) is 0 Å². The largest absolute Gasteiger partial charge is 0.508 e. The summed E-state index contributed by atoms with van der Waals surface area (Å²) in [5.74, 6) is -0.831. The van der Waals surface area contributed by atoms with Gasteiger partial charge in [-0.3, -0.25) is 4.79 Å². The number of rotatable bonds is 17. The minimum Gasteiger partial charge on any atom is -0.468 e. The molecule has 38 heavy (non-hydrogen) atoms. The van der Waals surface area contributed by atoms with Crippen LogP contribution in [0, 0.1) is 0 Å². The average molecular weight is 571 g/mol. The topological polar surface area (TPSA) is 114 Å². The Morgan fingerprint density at radius 1 is 1.00 bits per heavy atom. The summed E-state index contributed by atoms with van der Waals surface area (Å²) in [6, 6.07) is 7.81. The van der Waals surface area contributed by atoms with E-state index in [4.69, 9.17) is 23.1 Å². The molecule has 1 aromatic carbocycles. The van der Waals surface area contributed by atoms with Crippen LogP contribution in [0.5, 0.6) is 0 Å². The van der Waals surface area contributed by atoms with Crippen LogP contribution >= 0.6 is 0 Å². The van der Waals surface area contributed by atoms with Gasteiger partial charge in [-0.15, -0.1) is 6.58 Å². The first-order valence-corrected chi connectivity index (χ1v) is 16.1. The van der Waals surface area contributed by atoms with Gasteiger partial charge in [0.05, 0.1) is 31.3 Å². The second-order valence-electron chi connectivity index (χ2n) is 9.38. The minimum absolute atomic E-state index is 0.00757. The predicted octanol–water partition coefficient (Wildman–Crippen LogP) is 5.36. The highest BCUT2D eigenvalue weighted by atomic mass is 32.2. The molecule has 0 saturated carbocycles. The molecule has 0 amide bonds. The van der Waals surface area contributed by atoms with E-state index in [9.17, 15) is 18.0 Å². The highest BCUT2D eigenvalue weighted by Crippen LogP contribution is 2.37. The molecule has 0 aliphatic heterocycles. The van der Waals surface area contributed by atoms with Gasteiger partial charge in [0.1, 0.15) is 6.61 Å². The molecule has 0 aliphatic rings. The molecule has 0 radical (unpaired) electrons. The maximum atomic E-state index is 13.2. The van der Waals surface area contributed by atoms with Crippen LogP contribution in [-0.2, 0) is 37.7 Å². The van der Waals surface area contributed by atoms with Crippen LogP contribution in [0.15, 0.2) is 60.0 Å². The van der Waals surface area contributed by atoms with E-state index in [2.05, 4.69) is 13.2 Å². The van der Waals surface area contributed by atoms with Crippen LogP contribution in [0.3, 0.4) is 0 Å². The van der Waals surface area contributed by atoms with E-state index < -0.39 is 41.9 Å². The van der Waals surface area contributed by atoms with E-state index in [-0.39, 0.29) is 48.6 Å². The van der Waals surface area contributed by atoms with Gasteiger partial charge in [-0.25, -0.2) is 13.2 Å². The highest BCUT2D eigenvalue weighted by Gasteiger charge is 2.47. The molecule has 0 fully saturated rings. The van der Waals surface area contributed by atoms with Crippen LogP contribution in [0.1, 0.15) is 47.5 Å². The summed E-state index contributed by atoms with van der Waals surface area (Å²) in [5, 5.41) is -1.39. The van der Waals surface area contributed by atoms with Gasteiger partial charge < -0.3 is 23.1 Å². The summed E-state index contributed by atoms with van der Waals surface area (Å²) in [6.07, 6.45) is 0.422. The number of carbonyl (C=O) groups excluding carboxylic acids is 2. The number of sulfone groups is 1. The molecule has 1 aromatic rings. The van der Waals surface area contributed by atoms with E-state index in [1.54, 1.807) is 31.2 Å². The van der Waals surface area contributed by atoms with Crippen molar-refractivity contribution in [2.45, 2.75) is 74.8 Å². The fraction of sp³-hybridized carbons (Fsp3) is 0.556. The van der Waals surface area contributed by atoms with Crippen molar-refractivity contribution < 1.29 is 41.1 Å². The molecule has 1 unspecified atom stereocenters. The summed E-state index contributed by atoms with van der Waals surface area (Å²) >= 11 is 0. The van der Waals surface area contributed by atoms with E-state index in [1.165, 1.54) is 19.2 Å². The Hall–Kier alpha value is -2.47. The molecule has 1 rings (SSSR count). The first kappa shape index (κ1) is 33.6. The number of methoxy groups -OCH3 is 1. The molecule has 0 bridgehead atoms.